The lowest BCUT2D eigenvalue weighted by Gasteiger charge is -2.20. The molecule has 1 rings (SSSR count). The summed E-state index contributed by atoms with van der Waals surface area (Å²) in [7, 11) is 0. The molecule has 0 amide bonds. The van der Waals surface area contributed by atoms with Crippen LogP contribution in [-0.2, 0) is 16.1 Å². The average Bonchev–Trinajstić information content (AvgIpc) is 2.30. The lowest BCUT2D eigenvalue weighted by molar-refractivity contribution is -0.116. The Balaban J connectivity index is 2.25. The van der Waals surface area contributed by atoms with Gasteiger partial charge in [0.05, 0.1) is 19.3 Å². The molecule has 0 aromatic heterocycles. The molecule has 1 atom stereocenters. The van der Waals surface area contributed by atoms with Gasteiger partial charge in [-0.15, -0.1) is 0 Å². The van der Waals surface area contributed by atoms with Crippen molar-refractivity contribution in [3.05, 3.63) is 35.9 Å². The van der Waals surface area contributed by atoms with E-state index in [1.165, 1.54) is 0 Å². The zero-order valence-electron chi connectivity index (χ0n) is 10.4. The van der Waals surface area contributed by atoms with Gasteiger partial charge in [-0.1, -0.05) is 44.2 Å². The maximum absolute atomic E-state index is 10.7. The number of carbonyl (C=O) groups is 1. The highest BCUT2D eigenvalue weighted by Gasteiger charge is 2.21. The van der Waals surface area contributed by atoms with E-state index in [4.69, 9.17) is 4.74 Å². The van der Waals surface area contributed by atoms with Gasteiger partial charge in [0.2, 0.25) is 0 Å². The minimum absolute atomic E-state index is 0.256. The average molecular weight is 236 g/mol. The third kappa shape index (κ3) is 5.61. The van der Waals surface area contributed by atoms with Crippen molar-refractivity contribution in [1.82, 2.24) is 0 Å². The van der Waals surface area contributed by atoms with Crippen LogP contribution >= 0.6 is 0 Å². The van der Waals surface area contributed by atoms with Gasteiger partial charge in [-0.2, -0.15) is 0 Å². The molecule has 0 spiro atoms. The summed E-state index contributed by atoms with van der Waals surface area (Å²) in [4.78, 5) is 10.7. The monoisotopic (exact) mass is 236 g/mol. The van der Waals surface area contributed by atoms with Crippen LogP contribution in [0.15, 0.2) is 30.3 Å². The summed E-state index contributed by atoms with van der Waals surface area (Å²) < 4.78 is 5.41. The molecule has 0 aliphatic rings. The summed E-state index contributed by atoms with van der Waals surface area (Å²) in [6.45, 7) is 4.35. The predicted molar refractivity (Wildman–Crippen MR) is 66.6 cm³/mol. The van der Waals surface area contributed by atoms with Crippen molar-refractivity contribution in [2.45, 2.75) is 33.0 Å². The van der Waals surface area contributed by atoms with E-state index in [9.17, 15) is 9.90 Å². The van der Waals surface area contributed by atoms with Crippen molar-refractivity contribution in [1.29, 1.82) is 0 Å². The fourth-order valence-electron chi connectivity index (χ4n) is 1.60. The molecule has 0 bridgehead atoms. The Morgan fingerprint density at radius 1 is 1.35 bits per heavy atom. The highest BCUT2D eigenvalue weighted by atomic mass is 16.5. The quantitative estimate of drug-likeness (QED) is 0.738. The first kappa shape index (κ1) is 13.9. The van der Waals surface area contributed by atoms with Crippen LogP contribution in [0.4, 0.5) is 0 Å². The normalized spacial score (nSPS) is 13.4. The molecule has 1 N–H and O–H groups in total. The zero-order valence-corrected chi connectivity index (χ0v) is 10.4. The van der Waals surface area contributed by atoms with Gasteiger partial charge in [-0.25, -0.2) is 0 Å². The van der Waals surface area contributed by atoms with Crippen molar-refractivity contribution in [2.75, 3.05) is 6.61 Å². The van der Waals surface area contributed by atoms with Crippen molar-refractivity contribution in [3.8, 4) is 0 Å². The SMILES string of the molecule is CC(C)(C=O)CC(O)COCc1ccccc1. The zero-order chi connectivity index (χ0) is 12.7. The van der Waals surface area contributed by atoms with E-state index in [1.54, 1.807) is 13.8 Å². The van der Waals surface area contributed by atoms with Crippen LogP contribution < -0.4 is 0 Å². The van der Waals surface area contributed by atoms with Crippen LogP contribution in [0.2, 0.25) is 0 Å². The van der Waals surface area contributed by atoms with Crippen LogP contribution in [0.1, 0.15) is 25.8 Å². The molecule has 1 aromatic rings. The molecule has 1 unspecified atom stereocenters. The number of carbonyl (C=O) groups excluding carboxylic acids is 1. The van der Waals surface area contributed by atoms with E-state index in [0.717, 1.165) is 11.8 Å². The van der Waals surface area contributed by atoms with Crippen LogP contribution in [0.5, 0.6) is 0 Å². The summed E-state index contributed by atoms with van der Waals surface area (Å²) in [5.41, 5.74) is 0.588. The van der Waals surface area contributed by atoms with Gasteiger partial charge in [-0.05, 0) is 12.0 Å². The Morgan fingerprint density at radius 2 is 2.00 bits per heavy atom. The van der Waals surface area contributed by atoms with Gasteiger partial charge in [0.1, 0.15) is 6.29 Å². The smallest absolute Gasteiger partial charge is 0.125 e. The van der Waals surface area contributed by atoms with E-state index in [2.05, 4.69) is 0 Å². The topological polar surface area (TPSA) is 46.5 Å². The van der Waals surface area contributed by atoms with Gasteiger partial charge >= 0.3 is 0 Å². The Kier molecular flexibility index (Phi) is 5.32. The van der Waals surface area contributed by atoms with E-state index in [0.29, 0.717) is 13.0 Å². The highest BCUT2D eigenvalue weighted by molar-refractivity contribution is 5.57. The fourth-order valence-corrected chi connectivity index (χ4v) is 1.60. The van der Waals surface area contributed by atoms with Crippen molar-refractivity contribution < 1.29 is 14.6 Å². The van der Waals surface area contributed by atoms with Crippen molar-refractivity contribution >= 4 is 6.29 Å². The molecule has 0 saturated heterocycles. The van der Waals surface area contributed by atoms with E-state index >= 15 is 0 Å². The van der Waals surface area contributed by atoms with E-state index in [1.807, 2.05) is 30.3 Å². The summed E-state index contributed by atoms with van der Waals surface area (Å²) in [5.74, 6) is 0. The second kappa shape index (κ2) is 6.52. The number of benzene rings is 1. The minimum Gasteiger partial charge on any atom is -0.391 e. The molecule has 0 aliphatic heterocycles. The molecule has 94 valence electrons. The Morgan fingerprint density at radius 3 is 2.59 bits per heavy atom. The van der Waals surface area contributed by atoms with Crippen molar-refractivity contribution in [2.24, 2.45) is 5.41 Å². The molecule has 3 nitrogen and oxygen atoms in total. The third-order valence-corrected chi connectivity index (χ3v) is 2.50. The summed E-state index contributed by atoms with van der Waals surface area (Å²) >= 11 is 0. The highest BCUT2D eigenvalue weighted by Crippen LogP contribution is 2.19. The fraction of sp³-hybridized carbons (Fsp3) is 0.500. The molecule has 0 radical (unpaired) electrons. The van der Waals surface area contributed by atoms with Gasteiger partial charge in [0.25, 0.3) is 0 Å². The number of aldehydes is 1. The van der Waals surface area contributed by atoms with Crippen LogP contribution in [0, 0.1) is 5.41 Å². The molecule has 0 aliphatic carbocycles. The maximum atomic E-state index is 10.7. The number of hydrogen-bond donors (Lipinski definition) is 1. The first-order chi connectivity index (χ1) is 8.03. The molecule has 0 heterocycles. The first-order valence-corrected chi connectivity index (χ1v) is 5.79. The molecule has 0 fully saturated rings. The molecule has 17 heavy (non-hydrogen) atoms. The summed E-state index contributed by atoms with van der Waals surface area (Å²) in [6, 6.07) is 9.80. The second-order valence-electron chi connectivity index (χ2n) is 4.97. The molecule has 0 saturated carbocycles. The van der Waals surface area contributed by atoms with Gasteiger partial charge in [0.15, 0.2) is 0 Å². The first-order valence-electron chi connectivity index (χ1n) is 5.79. The second-order valence-corrected chi connectivity index (χ2v) is 4.97. The third-order valence-electron chi connectivity index (χ3n) is 2.50. The van der Waals surface area contributed by atoms with Crippen LogP contribution in [0.3, 0.4) is 0 Å². The predicted octanol–water partition coefficient (Wildman–Crippen LogP) is 2.18. The lowest BCUT2D eigenvalue weighted by Crippen LogP contribution is -2.25. The maximum Gasteiger partial charge on any atom is 0.125 e. The number of hydrogen-bond acceptors (Lipinski definition) is 3. The summed E-state index contributed by atoms with van der Waals surface area (Å²) in [5, 5.41) is 9.71. The number of aliphatic hydroxyl groups is 1. The van der Waals surface area contributed by atoms with Crippen molar-refractivity contribution in [3.63, 3.8) is 0 Å². The Bertz CT molecular complexity index is 333. The largest absolute Gasteiger partial charge is 0.391 e. The van der Waals surface area contributed by atoms with Crippen LogP contribution in [0.25, 0.3) is 0 Å². The van der Waals surface area contributed by atoms with Crippen LogP contribution in [-0.4, -0.2) is 24.1 Å². The lowest BCUT2D eigenvalue weighted by atomic mass is 9.89. The molecular weight excluding hydrogens is 216 g/mol. The number of rotatable bonds is 7. The Labute approximate surface area is 102 Å². The summed E-state index contributed by atoms with van der Waals surface area (Å²) in [6.07, 6.45) is 0.692. The van der Waals surface area contributed by atoms with Gasteiger partial charge in [0, 0.05) is 5.41 Å². The minimum atomic E-state index is -0.598. The van der Waals surface area contributed by atoms with E-state index in [-0.39, 0.29) is 6.61 Å². The van der Waals surface area contributed by atoms with Gasteiger partial charge < -0.3 is 14.6 Å². The molecular formula is C14H20O3. The number of ether oxygens (including phenoxy) is 1. The number of aliphatic hydroxyl groups excluding tert-OH is 1. The molecule has 1 aromatic carbocycles. The van der Waals surface area contributed by atoms with E-state index < -0.39 is 11.5 Å². The Hall–Kier alpha value is -1.19. The standard InChI is InChI=1S/C14H20O3/c1-14(2,11-15)8-13(16)10-17-9-12-6-4-3-5-7-12/h3-7,11,13,16H,8-10H2,1-2H3. The van der Waals surface area contributed by atoms with Gasteiger partial charge in [-0.3, -0.25) is 0 Å². The molecule has 3 heteroatoms.